The molecule has 4 N–H and O–H groups in total. The molecule has 20 heavy (non-hydrogen) atoms. The average Bonchev–Trinajstić information content (AvgIpc) is 2.32. The maximum Gasteiger partial charge on any atom is 0.317 e. The second kappa shape index (κ2) is 7.36. The molecule has 0 aromatic carbocycles. The van der Waals surface area contributed by atoms with Crippen molar-refractivity contribution in [2.24, 2.45) is 0 Å². The van der Waals surface area contributed by atoms with Gasteiger partial charge in [0.05, 0.1) is 16.3 Å². The molecular weight excluding hydrogens is 323 g/mol. The summed E-state index contributed by atoms with van der Waals surface area (Å²) in [6.45, 7) is 2.03. The van der Waals surface area contributed by atoms with Crippen molar-refractivity contribution in [2.75, 3.05) is 0 Å². The first-order valence-electron chi connectivity index (χ1n) is 6.95. The van der Waals surface area contributed by atoms with E-state index in [2.05, 4.69) is 21.3 Å². The lowest BCUT2D eigenvalue weighted by Crippen LogP contribution is -2.65. The lowest BCUT2D eigenvalue weighted by atomic mass is 9.95. The summed E-state index contributed by atoms with van der Waals surface area (Å²) in [6.07, 6.45) is 2.86. The third kappa shape index (κ3) is 4.81. The monoisotopic (exact) mass is 342 g/mol. The fourth-order valence-corrected chi connectivity index (χ4v) is 3.57. The summed E-state index contributed by atoms with van der Waals surface area (Å²) in [7, 11) is 0. The Kier molecular flexibility index (Phi) is 6.05. The van der Waals surface area contributed by atoms with E-state index in [0.717, 1.165) is 19.3 Å². The lowest BCUT2D eigenvalue weighted by Gasteiger charge is -2.35. The number of urea groups is 1. The Morgan fingerprint density at radius 1 is 1.05 bits per heavy atom. The summed E-state index contributed by atoms with van der Waals surface area (Å²) in [4.78, 5) is 12.0. The molecule has 2 amide bonds. The first-order valence-corrected chi connectivity index (χ1v) is 8.26. The highest BCUT2D eigenvalue weighted by molar-refractivity contribution is 6.30. The predicted octanol–water partition coefficient (Wildman–Crippen LogP) is 1.87. The second-order valence-electron chi connectivity index (χ2n) is 5.53. The van der Waals surface area contributed by atoms with Crippen molar-refractivity contribution in [3.8, 4) is 0 Å². The number of amides is 2. The van der Waals surface area contributed by atoms with E-state index in [4.69, 9.17) is 34.8 Å². The smallest absolute Gasteiger partial charge is 0.317 e. The zero-order valence-electron chi connectivity index (χ0n) is 11.3. The van der Waals surface area contributed by atoms with Crippen LogP contribution in [0, 0.1) is 0 Å². The zero-order chi connectivity index (χ0) is 14.7. The molecule has 6 unspecified atom stereocenters. The van der Waals surface area contributed by atoms with Gasteiger partial charge in [-0.25, -0.2) is 4.79 Å². The van der Waals surface area contributed by atoms with Crippen LogP contribution in [0.3, 0.4) is 0 Å². The van der Waals surface area contributed by atoms with Gasteiger partial charge >= 0.3 is 6.03 Å². The predicted molar refractivity (Wildman–Crippen MR) is 82.4 cm³/mol. The molecule has 2 fully saturated rings. The lowest BCUT2D eigenvalue weighted by molar-refractivity contribution is 0.209. The molecule has 0 radical (unpaired) electrons. The van der Waals surface area contributed by atoms with Crippen LogP contribution >= 0.6 is 34.8 Å². The van der Waals surface area contributed by atoms with Gasteiger partial charge < -0.3 is 10.6 Å². The van der Waals surface area contributed by atoms with Crippen molar-refractivity contribution in [3.63, 3.8) is 0 Å². The Labute approximate surface area is 134 Å². The van der Waals surface area contributed by atoms with E-state index >= 15 is 0 Å². The van der Waals surface area contributed by atoms with Gasteiger partial charge in [0.15, 0.2) is 0 Å². The molecule has 0 aromatic rings. The molecule has 116 valence electrons. The number of carbonyl (C=O) groups is 1. The molecule has 0 aromatic heterocycles. The van der Waals surface area contributed by atoms with E-state index in [0.29, 0.717) is 6.42 Å². The summed E-state index contributed by atoms with van der Waals surface area (Å²) < 4.78 is 0. The maximum atomic E-state index is 12.0. The fourth-order valence-electron chi connectivity index (χ4n) is 2.61. The van der Waals surface area contributed by atoms with Gasteiger partial charge in [0.1, 0.15) is 6.29 Å². The molecule has 5 nitrogen and oxygen atoms in total. The van der Waals surface area contributed by atoms with Gasteiger partial charge in [-0.1, -0.05) is 0 Å². The Hall–Kier alpha value is 0.0600. The van der Waals surface area contributed by atoms with Gasteiger partial charge in [0, 0.05) is 12.1 Å². The Morgan fingerprint density at radius 3 is 2.45 bits per heavy atom. The van der Waals surface area contributed by atoms with Gasteiger partial charge in [-0.2, -0.15) is 0 Å². The van der Waals surface area contributed by atoms with Crippen LogP contribution in [-0.2, 0) is 0 Å². The molecule has 1 heterocycles. The number of rotatable bonds is 2. The molecule has 2 rings (SSSR count). The molecule has 6 atom stereocenters. The van der Waals surface area contributed by atoms with Gasteiger partial charge in [0.25, 0.3) is 0 Å². The van der Waals surface area contributed by atoms with Gasteiger partial charge in [-0.05, 0) is 32.6 Å². The molecule has 1 aliphatic heterocycles. The highest BCUT2D eigenvalue weighted by Crippen LogP contribution is 2.27. The number of carbonyl (C=O) groups excluding carboxylic acids is 1. The average molecular weight is 344 g/mol. The first-order chi connectivity index (χ1) is 9.44. The first kappa shape index (κ1) is 16.4. The highest BCUT2D eigenvalue weighted by Gasteiger charge is 2.29. The van der Waals surface area contributed by atoms with Crippen molar-refractivity contribution < 1.29 is 4.79 Å². The SMILES string of the molecule is CC1CC(Cl)NC(NC(=O)NC2CCC(Cl)C(Cl)C2)N1. The Morgan fingerprint density at radius 2 is 1.80 bits per heavy atom. The molecule has 0 spiro atoms. The van der Waals surface area contributed by atoms with Crippen molar-refractivity contribution >= 4 is 40.8 Å². The fraction of sp³-hybridized carbons (Fsp3) is 0.917. The minimum atomic E-state index is -0.322. The number of hydrogen-bond donors (Lipinski definition) is 4. The third-order valence-electron chi connectivity index (χ3n) is 3.66. The van der Waals surface area contributed by atoms with Crippen molar-refractivity contribution in [3.05, 3.63) is 0 Å². The standard InChI is InChI=1S/C12H21Cl3N4O/c1-6-4-10(15)18-11(16-6)19-12(20)17-7-2-3-8(13)9(14)5-7/h6-11,16,18H,2-5H2,1H3,(H2,17,19,20). The van der Waals surface area contributed by atoms with Gasteiger partial charge in [-0.15, -0.1) is 34.8 Å². The zero-order valence-corrected chi connectivity index (χ0v) is 13.6. The molecule has 0 bridgehead atoms. The van der Waals surface area contributed by atoms with Crippen LogP contribution in [0.2, 0.25) is 0 Å². The minimum Gasteiger partial charge on any atom is -0.335 e. The topological polar surface area (TPSA) is 65.2 Å². The number of halogens is 3. The Balaban J connectivity index is 1.75. The summed E-state index contributed by atoms with van der Waals surface area (Å²) in [5.41, 5.74) is -0.143. The minimum absolute atomic E-state index is 0.00249. The largest absolute Gasteiger partial charge is 0.335 e. The van der Waals surface area contributed by atoms with Crippen molar-refractivity contribution in [1.29, 1.82) is 0 Å². The molecule has 1 saturated carbocycles. The van der Waals surface area contributed by atoms with E-state index in [1.807, 2.05) is 6.92 Å². The van der Waals surface area contributed by atoms with E-state index in [1.54, 1.807) is 0 Å². The number of nitrogens with one attached hydrogen (secondary N) is 4. The van der Waals surface area contributed by atoms with Crippen LogP contribution in [0.25, 0.3) is 0 Å². The maximum absolute atomic E-state index is 12.0. The van der Waals surface area contributed by atoms with Crippen LogP contribution in [0.15, 0.2) is 0 Å². The van der Waals surface area contributed by atoms with Crippen LogP contribution in [0.4, 0.5) is 4.79 Å². The number of alkyl halides is 3. The molecule has 1 aliphatic carbocycles. The summed E-state index contributed by atoms with van der Waals surface area (Å²) in [5, 5.41) is 11.9. The van der Waals surface area contributed by atoms with E-state index in [-0.39, 0.29) is 40.7 Å². The van der Waals surface area contributed by atoms with Crippen LogP contribution < -0.4 is 21.3 Å². The number of hydrogen-bond acceptors (Lipinski definition) is 3. The highest BCUT2D eigenvalue weighted by atomic mass is 35.5. The molecular formula is C12H21Cl3N4O. The van der Waals surface area contributed by atoms with Gasteiger partial charge in [0.2, 0.25) is 0 Å². The van der Waals surface area contributed by atoms with Crippen molar-refractivity contribution in [1.82, 2.24) is 21.3 Å². The second-order valence-corrected chi connectivity index (χ2v) is 7.18. The van der Waals surface area contributed by atoms with Crippen LogP contribution in [0.1, 0.15) is 32.6 Å². The third-order valence-corrected chi connectivity index (χ3v) is 5.10. The summed E-state index contributed by atoms with van der Waals surface area (Å²) in [6, 6.07) is 0.0955. The summed E-state index contributed by atoms with van der Waals surface area (Å²) >= 11 is 18.3. The van der Waals surface area contributed by atoms with E-state index in [9.17, 15) is 4.79 Å². The normalized spacial score (nSPS) is 42.0. The van der Waals surface area contributed by atoms with Crippen LogP contribution in [0.5, 0.6) is 0 Å². The Bertz CT molecular complexity index is 337. The van der Waals surface area contributed by atoms with Crippen molar-refractivity contribution in [2.45, 2.75) is 67.2 Å². The van der Waals surface area contributed by atoms with E-state index < -0.39 is 0 Å². The molecule has 1 saturated heterocycles. The van der Waals surface area contributed by atoms with Crippen LogP contribution in [-0.4, -0.2) is 40.7 Å². The van der Waals surface area contributed by atoms with Gasteiger partial charge in [-0.3, -0.25) is 10.6 Å². The summed E-state index contributed by atoms with van der Waals surface area (Å²) in [5.74, 6) is 0. The quantitative estimate of drug-likeness (QED) is 0.457. The molecule has 2 aliphatic rings. The molecule has 8 heteroatoms. The van der Waals surface area contributed by atoms with E-state index in [1.165, 1.54) is 0 Å².